The van der Waals surface area contributed by atoms with Crippen molar-refractivity contribution in [2.75, 3.05) is 26.2 Å². The van der Waals surface area contributed by atoms with Crippen molar-refractivity contribution in [3.63, 3.8) is 0 Å². The van der Waals surface area contributed by atoms with Crippen LogP contribution in [0.5, 0.6) is 5.75 Å². The van der Waals surface area contributed by atoms with Gasteiger partial charge in [-0.05, 0) is 49.7 Å². The first-order valence-corrected chi connectivity index (χ1v) is 9.79. The van der Waals surface area contributed by atoms with Gasteiger partial charge < -0.3 is 14.5 Å². The van der Waals surface area contributed by atoms with Gasteiger partial charge in [0.15, 0.2) is 23.6 Å². The van der Waals surface area contributed by atoms with Crippen LogP contribution in [0.15, 0.2) is 36.4 Å². The van der Waals surface area contributed by atoms with E-state index in [9.17, 15) is 22.8 Å². The predicted molar refractivity (Wildman–Crippen MR) is 105 cm³/mol. The Bertz CT molecular complexity index is 940. The van der Waals surface area contributed by atoms with Crippen LogP contribution in [0.3, 0.4) is 0 Å². The summed E-state index contributed by atoms with van der Waals surface area (Å²) in [5.74, 6) is -5.04. The largest absolute Gasteiger partial charge is 0.481 e. The number of benzene rings is 2. The van der Waals surface area contributed by atoms with E-state index in [-0.39, 0.29) is 25.5 Å². The number of rotatable bonds is 4. The molecule has 0 saturated carbocycles. The summed E-state index contributed by atoms with van der Waals surface area (Å²) in [5.41, 5.74) is -0.534. The normalized spacial score (nSPS) is 15.5. The van der Waals surface area contributed by atoms with Crippen LogP contribution in [0.4, 0.5) is 13.2 Å². The van der Waals surface area contributed by atoms with Crippen molar-refractivity contribution in [3.8, 4) is 5.75 Å². The molecule has 0 spiro atoms. The molecule has 0 aliphatic carbocycles. The standard InChI is InChI=1S/C21H20ClF3N2O3/c1-13(30-15-5-3-14(22)4-6-15)20(28)26-9-2-10-27(12-11-26)21(29)16-7-8-17(23)19(25)18(16)24/h3-8,13H,2,9-12H2,1H3. The third-order valence-corrected chi connectivity index (χ3v) is 5.09. The van der Waals surface area contributed by atoms with Crippen molar-refractivity contribution in [3.05, 3.63) is 64.4 Å². The first kappa shape index (κ1) is 22.0. The molecule has 0 radical (unpaired) electrons. The van der Waals surface area contributed by atoms with Crippen LogP contribution in [-0.2, 0) is 4.79 Å². The monoisotopic (exact) mass is 440 g/mol. The Morgan fingerprint density at radius 2 is 1.57 bits per heavy atom. The number of hydrogen-bond acceptors (Lipinski definition) is 3. The summed E-state index contributed by atoms with van der Waals surface area (Å²) in [5, 5.41) is 0.552. The van der Waals surface area contributed by atoms with Gasteiger partial charge >= 0.3 is 0 Å². The Balaban J connectivity index is 1.62. The van der Waals surface area contributed by atoms with Crippen molar-refractivity contribution in [1.82, 2.24) is 9.80 Å². The van der Waals surface area contributed by atoms with Crippen LogP contribution < -0.4 is 4.74 Å². The van der Waals surface area contributed by atoms with Crippen LogP contribution in [-0.4, -0.2) is 53.9 Å². The lowest BCUT2D eigenvalue weighted by Gasteiger charge is -2.25. The van der Waals surface area contributed by atoms with Crippen molar-refractivity contribution >= 4 is 23.4 Å². The molecular weight excluding hydrogens is 421 g/mol. The maximum Gasteiger partial charge on any atom is 0.263 e. The molecule has 1 saturated heterocycles. The Hall–Kier alpha value is -2.74. The SMILES string of the molecule is CC(Oc1ccc(Cl)cc1)C(=O)N1CCCN(C(=O)c2ccc(F)c(F)c2F)CC1. The predicted octanol–water partition coefficient (Wildman–Crippen LogP) is 3.90. The topological polar surface area (TPSA) is 49.9 Å². The number of amides is 2. The lowest BCUT2D eigenvalue weighted by molar-refractivity contribution is -0.137. The molecule has 1 heterocycles. The van der Waals surface area contributed by atoms with Gasteiger partial charge in [-0.1, -0.05) is 11.6 Å². The average Bonchev–Trinajstić information content (AvgIpc) is 2.99. The lowest BCUT2D eigenvalue weighted by atomic mass is 10.1. The molecule has 0 aromatic heterocycles. The van der Waals surface area contributed by atoms with Crippen LogP contribution in [0.1, 0.15) is 23.7 Å². The van der Waals surface area contributed by atoms with Gasteiger partial charge in [-0.3, -0.25) is 9.59 Å². The van der Waals surface area contributed by atoms with Gasteiger partial charge in [0.1, 0.15) is 5.75 Å². The summed E-state index contributed by atoms with van der Waals surface area (Å²) in [4.78, 5) is 28.2. The zero-order valence-electron chi connectivity index (χ0n) is 16.2. The molecular formula is C21H20ClF3N2O3. The van der Waals surface area contributed by atoms with E-state index in [1.807, 2.05) is 0 Å². The Morgan fingerprint density at radius 1 is 0.933 bits per heavy atom. The van der Waals surface area contributed by atoms with Crippen LogP contribution in [0, 0.1) is 17.5 Å². The summed E-state index contributed by atoms with van der Waals surface area (Å²) in [6.07, 6.45) is -0.298. The van der Waals surface area contributed by atoms with E-state index in [4.69, 9.17) is 16.3 Å². The minimum atomic E-state index is -1.68. The van der Waals surface area contributed by atoms with Crippen molar-refractivity contribution in [2.24, 2.45) is 0 Å². The van der Waals surface area contributed by atoms with E-state index < -0.39 is 35.0 Å². The number of halogens is 4. The highest BCUT2D eigenvalue weighted by Crippen LogP contribution is 2.20. The van der Waals surface area contributed by atoms with Gasteiger partial charge in [0.25, 0.3) is 11.8 Å². The lowest BCUT2D eigenvalue weighted by Crippen LogP contribution is -2.43. The molecule has 5 nitrogen and oxygen atoms in total. The first-order chi connectivity index (χ1) is 14.3. The summed E-state index contributed by atoms with van der Waals surface area (Å²) in [7, 11) is 0. The highest BCUT2D eigenvalue weighted by molar-refractivity contribution is 6.30. The third-order valence-electron chi connectivity index (χ3n) is 4.83. The summed E-state index contributed by atoms with van der Waals surface area (Å²) in [6.45, 7) is 2.62. The van der Waals surface area contributed by atoms with E-state index in [1.54, 1.807) is 36.1 Å². The van der Waals surface area contributed by atoms with Crippen LogP contribution in [0.2, 0.25) is 5.02 Å². The first-order valence-electron chi connectivity index (χ1n) is 9.41. The smallest absolute Gasteiger partial charge is 0.263 e. The highest BCUT2D eigenvalue weighted by atomic mass is 35.5. The van der Waals surface area contributed by atoms with Gasteiger partial charge in [-0.2, -0.15) is 0 Å². The molecule has 1 fully saturated rings. The Morgan fingerprint density at radius 3 is 2.27 bits per heavy atom. The molecule has 1 atom stereocenters. The second kappa shape index (κ2) is 9.38. The number of carbonyl (C=O) groups excluding carboxylic acids is 2. The molecule has 30 heavy (non-hydrogen) atoms. The van der Waals surface area contributed by atoms with Crippen molar-refractivity contribution in [1.29, 1.82) is 0 Å². The maximum absolute atomic E-state index is 14.0. The number of nitrogens with zero attached hydrogens (tertiary/aromatic N) is 2. The maximum atomic E-state index is 14.0. The fourth-order valence-corrected chi connectivity index (χ4v) is 3.35. The molecule has 3 rings (SSSR count). The van der Waals surface area contributed by atoms with Gasteiger partial charge in [-0.25, -0.2) is 13.2 Å². The van der Waals surface area contributed by atoms with Crippen LogP contribution >= 0.6 is 11.6 Å². The van der Waals surface area contributed by atoms with E-state index in [2.05, 4.69) is 0 Å². The van der Waals surface area contributed by atoms with Gasteiger partial charge in [0, 0.05) is 31.2 Å². The van der Waals surface area contributed by atoms with Gasteiger partial charge in [0.2, 0.25) is 0 Å². The molecule has 2 aromatic rings. The molecule has 1 unspecified atom stereocenters. The molecule has 160 valence electrons. The van der Waals surface area contributed by atoms with Gasteiger partial charge in [-0.15, -0.1) is 0 Å². The Labute approximate surface area is 177 Å². The third kappa shape index (κ3) is 4.87. The molecule has 1 aliphatic heterocycles. The second-order valence-electron chi connectivity index (χ2n) is 6.91. The number of ether oxygens (including phenoxy) is 1. The minimum absolute atomic E-state index is 0.136. The van der Waals surface area contributed by atoms with E-state index in [0.717, 1.165) is 12.1 Å². The average molecular weight is 441 g/mol. The molecule has 0 bridgehead atoms. The highest BCUT2D eigenvalue weighted by Gasteiger charge is 2.28. The van der Waals surface area contributed by atoms with E-state index in [1.165, 1.54) is 4.90 Å². The summed E-state index contributed by atoms with van der Waals surface area (Å²) < 4.78 is 46.2. The summed E-state index contributed by atoms with van der Waals surface area (Å²) in [6, 6.07) is 8.26. The van der Waals surface area contributed by atoms with E-state index in [0.29, 0.717) is 23.7 Å². The zero-order chi connectivity index (χ0) is 21.8. The molecule has 2 amide bonds. The summed E-state index contributed by atoms with van der Waals surface area (Å²) >= 11 is 5.83. The van der Waals surface area contributed by atoms with Crippen molar-refractivity contribution in [2.45, 2.75) is 19.4 Å². The number of hydrogen-bond donors (Lipinski definition) is 0. The molecule has 0 N–H and O–H groups in total. The molecule has 2 aromatic carbocycles. The zero-order valence-corrected chi connectivity index (χ0v) is 17.0. The van der Waals surface area contributed by atoms with Crippen LogP contribution in [0.25, 0.3) is 0 Å². The fraction of sp³-hybridized carbons (Fsp3) is 0.333. The Kier molecular flexibility index (Phi) is 6.87. The molecule has 1 aliphatic rings. The van der Waals surface area contributed by atoms with Gasteiger partial charge in [0.05, 0.1) is 5.56 Å². The quantitative estimate of drug-likeness (QED) is 0.677. The fourth-order valence-electron chi connectivity index (χ4n) is 3.23. The number of carbonyl (C=O) groups is 2. The van der Waals surface area contributed by atoms with Crippen molar-refractivity contribution < 1.29 is 27.5 Å². The minimum Gasteiger partial charge on any atom is -0.481 e. The van der Waals surface area contributed by atoms with E-state index >= 15 is 0 Å². The second-order valence-corrected chi connectivity index (χ2v) is 7.34. The molecule has 9 heteroatoms.